The van der Waals surface area contributed by atoms with Gasteiger partial charge in [0.25, 0.3) is 0 Å². The largest absolute Gasteiger partial charge is 0.494 e. The lowest BCUT2D eigenvalue weighted by molar-refractivity contribution is -0.111. The van der Waals surface area contributed by atoms with Crippen molar-refractivity contribution in [2.24, 2.45) is 5.92 Å². The Morgan fingerprint density at radius 2 is 1.81 bits per heavy atom. The molecule has 0 radical (unpaired) electrons. The number of hydroxylamine groups is 1. The van der Waals surface area contributed by atoms with Gasteiger partial charge >= 0.3 is 0 Å². The van der Waals surface area contributed by atoms with Crippen LogP contribution in [0.25, 0.3) is 0 Å². The fourth-order valence-electron chi connectivity index (χ4n) is 7.15. The van der Waals surface area contributed by atoms with Crippen molar-refractivity contribution < 1.29 is 23.1 Å². The summed E-state index contributed by atoms with van der Waals surface area (Å²) in [7, 11) is 5.88. The molecule has 1 amide bonds. The summed E-state index contributed by atoms with van der Waals surface area (Å²) in [5.41, 5.74) is 2.53. The Hall–Kier alpha value is -4.33. The van der Waals surface area contributed by atoms with Gasteiger partial charge in [0.2, 0.25) is 5.91 Å². The maximum absolute atomic E-state index is 14.0. The van der Waals surface area contributed by atoms with Crippen molar-refractivity contribution >= 4 is 34.6 Å². The highest BCUT2D eigenvalue weighted by atomic mass is 19.1. The minimum absolute atomic E-state index is 0.318. The number of carbonyl (C=O) groups is 1. The molecule has 3 aromatic rings. The average Bonchev–Trinajstić information content (AvgIpc) is 3.75. The van der Waals surface area contributed by atoms with Crippen LogP contribution in [0.15, 0.2) is 55.4 Å². The summed E-state index contributed by atoms with van der Waals surface area (Å²) in [6.07, 6.45) is 6.49. The Labute approximate surface area is 280 Å². The number of piperidine rings is 1. The van der Waals surface area contributed by atoms with E-state index in [1.165, 1.54) is 31.0 Å². The standard InChI is InChI=1S/C35H44F2N8O3/c1-5-35(46)41-28-17-29(32(47-4)18-31(28)43-11-7-27(8-12-43)44-10-6-23(21-44)20-42(2)3)40-33-19-34(39-22-38-33)45-30(9-13-48-45)24-14-25(36)16-26(37)15-24/h5,14-19,22-23,27,30H,1,6-13,20-21H2,2-4H3,(H,41,46)(H,38,39,40). The lowest BCUT2D eigenvalue weighted by atomic mass is 10.0. The Bertz CT molecular complexity index is 1600. The highest BCUT2D eigenvalue weighted by molar-refractivity contribution is 6.02. The molecule has 13 heteroatoms. The number of hydrogen-bond donors (Lipinski definition) is 2. The zero-order valence-corrected chi connectivity index (χ0v) is 27.8. The zero-order chi connectivity index (χ0) is 33.8. The second-order valence-electron chi connectivity index (χ2n) is 12.9. The number of aromatic nitrogens is 2. The van der Waals surface area contributed by atoms with Crippen molar-refractivity contribution in [3.05, 3.63) is 72.6 Å². The number of carbonyl (C=O) groups excluding carboxylic acids is 1. The molecule has 0 aliphatic carbocycles. The molecule has 2 N–H and O–H groups in total. The topological polar surface area (TPSA) is 98.3 Å². The molecular weight excluding hydrogens is 618 g/mol. The quantitative estimate of drug-likeness (QED) is 0.261. The molecule has 11 nitrogen and oxygen atoms in total. The SMILES string of the molecule is C=CC(=O)Nc1cc(Nc2cc(N3OCCC3c3cc(F)cc(F)c3)ncn2)c(OC)cc1N1CCC(N2CCC(CN(C)C)C2)CC1. The molecule has 3 saturated heterocycles. The molecule has 4 heterocycles. The van der Waals surface area contributed by atoms with Crippen LogP contribution in [0.3, 0.4) is 0 Å². The van der Waals surface area contributed by atoms with E-state index in [-0.39, 0.29) is 5.91 Å². The van der Waals surface area contributed by atoms with E-state index in [0.717, 1.165) is 63.2 Å². The number of benzene rings is 2. The van der Waals surface area contributed by atoms with Crippen molar-refractivity contribution in [1.29, 1.82) is 0 Å². The molecule has 0 spiro atoms. The van der Waals surface area contributed by atoms with E-state index in [1.807, 2.05) is 12.1 Å². The number of anilines is 5. The van der Waals surface area contributed by atoms with Gasteiger partial charge in [0, 0.05) is 56.8 Å². The van der Waals surface area contributed by atoms with E-state index < -0.39 is 17.7 Å². The first-order valence-electron chi connectivity index (χ1n) is 16.5. The zero-order valence-electron chi connectivity index (χ0n) is 27.8. The smallest absolute Gasteiger partial charge is 0.247 e. The molecule has 2 atom stereocenters. The molecule has 6 rings (SSSR count). The Balaban J connectivity index is 1.20. The summed E-state index contributed by atoms with van der Waals surface area (Å²) >= 11 is 0. The highest BCUT2D eigenvalue weighted by Gasteiger charge is 2.33. The van der Waals surface area contributed by atoms with Crippen LogP contribution in [0.4, 0.5) is 37.5 Å². The molecule has 3 aliphatic heterocycles. The second kappa shape index (κ2) is 14.8. The van der Waals surface area contributed by atoms with E-state index in [4.69, 9.17) is 9.57 Å². The van der Waals surface area contributed by atoms with E-state index in [9.17, 15) is 13.6 Å². The third-order valence-electron chi connectivity index (χ3n) is 9.34. The first-order chi connectivity index (χ1) is 23.2. The number of methoxy groups -OCH3 is 1. The van der Waals surface area contributed by atoms with Crippen molar-refractivity contribution in [2.45, 2.75) is 37.8 Å². The summed E-state index contributed by atoms with van der Waals surface area (Å²) in [6.45, 7) is 9.14. The molecular formula is C35H44F2N8O3. The van der Waals surface area contributed by atoms with Crippen molar-refractivity contribution in [3.8, 4) is 5.75 Å². The molecule has 256 valence electrons. The first-order valence-corrected chi connectivity index (χ1v) is 16.5. The number of hydrogen-bond acceptors (Lipinski definition) is 10. The lowest BCUT2D eigenvalue weighted by Crippen LogP contribution is -2.44. The monoisotopic (exact) mass is 662 g/mol. The van der Waals surface area contributed by atoms with Crippen LogP contribution in [-0.4, -0.2) is 92.3 Å². The maximum atomic E-state index is 14.0. The van der Waals surface area contributed by atoms with Gasteiger partial charge in [0.15, 0.2) is 5.82 Å². The van der Waals surface area contributed by atoms with Crippen LogP contribution in [-0.2, 0) is 9.63 Å². The van der Waals surface area contributed by atoms with Gasteiger partial charge in [0.1, 0.15) is 29.5 Å². The summed E-state index contributed by atoms with van der Waals surface area (Å²) in [5.74, 6) is 0.525. The van der Waals surface area contributed by atoms with Crippen LogP contribution in [0.2, 0.25) is 0 Å². The summed E-state index contributed by atoms with van der Waals surface area (Å²) in [4.78, 5) is 34.4. The average molecular weight is 663 g/mol. The number of ether oxygens (including phenoxy) is 1. The Morgan fingerprint density at radius 3 is 2.52 bits per heavy atom. The van der Waals surface area contributed by atoms with Gasteiger partial charge in [0.05, 0.1) is 36.8 Å². The first kappa shape index (κ1) is 33.6. The van der Waals surface area contributed by atoms with E-state index in [2.05, 4.69) is 56.0 Å². The summed E-state index contributed by atoms with van der Waals surface area (Å²) in [5, 5.41) is 7.83. The fourth-order valence-corrected chi connectivity index (χ4v) is 7.15. The van der Waals surface area contributed by atoms with Crippen LogP contribution < -0.4 is 25.3 Å². The molecule has 3 fully saturated rings. The minimum atomic E-state index is -0.651. The van der Waals surface area contributed by atoms with Crippen LogP contribution in [0.1, 0.15) is 37.3 Å². The van der Waals surface area contributed by atoms with Crippen molar-refractivity contribution in [3.63, 3.8) is 0 Å². The van der Waals surface area contributed by atoms with E-state index in [1.54, 1.807) is 18.2 Å². The Kier molecular flexibility index (Phi) is 10.4. The molecule has 0 saturated carbocycles. The third-order valence-corrected chi connectivity index (χ3v) is 9.34. The highest BCUT2D eigenvalue weighted by Crippen LogP contribution is 2.41. The van der Waals surface area contributed by atoms with Gasteiger partial charge in [-0.25, -0.2) is 23.8 Å². The molecule has 48 heavy (non-hydrogen) atoms. The molecule has 3 aliphatic rings. The number of nitrogens with zero attached hydrogens (tertiary/aromatic N) is 6. The minimum Gasteiger partial charge on any atom is -0.494 e. The predicted molar refractivity (Wildman–Crippen MR) is 183 cm³/mol. The lowest BCUT2D eigenvalue weighted by Gasteiger charge is -2.39. The molecule has 0 bridgehead atoms. The number of nitrogens with one attached hydrogen (secondary N) is 2. The van der Waals surface area contributed by atoms with E-state index in [0.29, 0.717) is 53.4 Å². The maximum Gasteiger partial charge on any atom is 0.247 e. The van der Waals surface area contributed by atoms with Gasteiger partial charge in [-0.05, 0) is 75.7 Å². The third kappa shape index (κ3) is 7.69. The van der Waals surface area contributed by atoms with Crippen molar-refractivity contribution in [1.82, 2.24) is 19.8 Å². The number of halogens is 2. The summed E-state index contributed by atoms with van der Waals surface area (Å²) < 4.78 is 33.9. The van der Waals surface area contributed by atoms with E-state index >= 15 is 0 Å². The van der Waals surface area contributed by atoms with Crippen molar-refractivity contribution in [2.75, 3.05) is 81.1 Å². The summed E-state index contributed by atoms with van der Waals surface area (Å²) in [6, 6.07) is 9.03. The van der Waals surface area contributed by atoms with Gasteiger partial charge in [-0.1, -0.05) is 6.58 Å². The Morgan fingerprint density at radius 1 is 1.04 bits per heavy atom. The number of amides is 1. The fraction of sp³-hybridized carbons (Fsp3) is 0.457. The molecule has 1 aromatic heterocycles. The predicted octanol–water partition coefficient (Wildman–Crippen LogP) is 5.37. The van der Waals surface area contributed by atoms with Crippen LogP contribution in [0, 0.1) is 17.6 Å². The molecule has 2 aromatic carbocycles. The second-order valence-corrected chi connectivity index (χ2v) is 12.9. The molecule has 2 unspecified atom stereocenters. The van der Waals surface area contributed by atoms with Gasteiger partial charge < -0.3 is 25.2 Å². The van der Waals surface area contributed by atoms with Crippen LogP contribution >= 0.6 is 0 Å². The van der Waals surface area contributed by atoms with Gasteiger partial charge in [-0.2, -0.15) is 0 Å². The van der Waals surface area contributed by atoms with Gasteiger partial charge in [-0.15, -0.1) is 0 Å². The normalized spacial score (nSPS) is 20.4. The number of rotatable bonds is 11. The van der Waals surface area contributed by atoms with Gasteiger partial charge in [-0.3, -0.25) is 14.5 Å². The number of likely N-dealkylation sites (tertiary alicyclic amines) is 1. The van der Waals surface area contributed by atoms with Crippen LogP contribution in [0.5, 0.6) is 5.75 Å².